The van der Waals surface area contributed by atoms with Crippen molar-refractivity contribution in [1.82, 2.24) is 5.32 Å². The monoisotopic (exact) mass is 277 g/mol. The molecule has 0 aliphatic carbocycles. The van der Waals surface area contributed by atoms with Crippen LogP contribution in [0.5, 0.6) is 0 Å². The Morgan fingerprint density at radius 3 is 2.71 bits per heavy atom. The maximum atomic E-state index is 11.7. The van der Waals surface area contributed by atoms with Crippen LogP contribution < -0.4 is 5.32 Å². The van der Waals surface area contributed by atoms with Crippen molar-refractivity contribution in [2.24, 2.45) is 0 Å². The summed E-state index contributed by atoms with van der Waals surface area (Å²) in [5.74, 6) is 0.0550. The molecule has 17 heavy (non-hydrogen) atoms. The number of hydrogen-bond acceptors (Lipinski definition) is 4. The fourth-order valence-corrected chi connectivity index (χ4v) is 4.30. The molecule has 94 valence electrons. The van der Waals surface area contributed by atoms with Gasteiger partial charge in [0, 0.05) is 0 Å². The lowest BCUT2D eigenvalue weighted by Gasteiger charge is -2.13. The second-order valence-electron chi connectivity index (χ2n) is 4.12. The minimum Gasteiger partial charge on any atom is -0.469 e. The van der Waals surface area contributed by atoms with E-state index in [-0.39, 0.29) is 17.4 Å². The van der Waals surface area contributed by atoms with Crippen LogP contribution in [0.25, 0.3) is 0 Å². The Morgan fingerprint density at radius 2 is 2.24 bits per heavy atom. The number of hydrogen-bond donors (Lipinski definition) is 1. The zero-order valence-corrected chi connectivity index (χ0v) is 10.7. The molecule has 1 aromatic heterocycles. The van der Waals surface area contributed by atoms with Gasteiger partial charge in [0.1, 0.15) is 12.0 Å². The number of halogens is 1. The van der Waals surface area contributed by atoms with E-state index in [1.807, 2.05) is 0 Å². The molecule has 0 bridgehead atoms. The van der Waals surface area contributed by atoms with Gasteiger partial charge >= 0.3 is 0 Å². The molecule has 1 amide bonds. The highest BCUT2D eigenvalue weighted by atomic mass is 35.5. The molecule has 1 aromatic rings. The van der Waals surface area contributed by atoms with Crippen molar-refractivity contribution in [3.8, 4) is 0 Å². The topological polar surface area (TPSA) is 76.4 Å². The van der Waals surface area contributed by atoms with Gasteiger partial charge in [0.15, 0.2) is 9.84 Å². The standard InChI is InChI=1S/C10H12ClNO4S/c1-6-2-7(3-16-6)10(13)12-9-5-17(14,15)4-8(9)11/h2-3,8-9H,4-5H2,1H3,(H,12,13). The van der Waals surface area contributed by atoms with E-state index in [0.29, 0.717) is 11.3 Å². The number of alkyl halides is 1. The highest BCUT2D eigenvalue weighted by Crippen LogP contribution is 2.18. The van der Waals surface area contributed by atoms with Crippen molar-refractivity contribution >= 4 is 27.3 Å². The number of sulfone groups is 1. The number of nitrogens with one attached hydrogen (secondary N) is 1. The molecular weight excluding hydrogens is 266 g/mol. The van der Waals surface area contributed by atoms with Gasteiger partial charge in [0.2, 0.25) is 0 Å². The lowest BCUT2D eigenvalue weighted by molar-refractivity contribution is 0.0941. The van der Waals surface area contributed by atoms with Crippen molar-refractivity contribution < 1.29 is 17.6 Å². The van der Waals surface area contributed by atoms with Gasteiger partial charge in [-0.05, 0) is 13.0 Å². The normalized spacial score (nSPS) is 26.9. The Bertz CT molecular complexity index is 536. The lowest BCUT2D eigenvalue weighted by Crippen LogP contribution is -2.40. The van der Waals surface area contributed by atoms with Crippen LogP contribution in [0, 0.1) is 6.92 Å². The van der Waals surface area contributed by atoms with Gasteiger partial charge < -0.3 is 9.73 Å². The van der Waals surface area contributed by atoms with Crippen LogP contribution >= 0.6 is 11.6 Å². The Kier molecular flexibility index (Phi) is 3.18. The summed E-state index contributed by atoms with van der Waals surface area (Å²) in [6.07, 6.45) is 1.33. The predicted molar refractivity (Wildman–Crippen MR) is 63.0 cm³/mol. The summed E-state index contributed by atoms with van der Waals surface area (Å²) in [4.78, 5) is 11.7. The average molecular weight is 278 g/mol. The van der Waals surface area contributed by atoms with Crippen molar-refractivity contribution in [1.29, 1.82) is 0 Å². The summed E-state index contributed by atoms with van der Waals surface area (Å²) in [7, 11) is -3.14. The Labute approximate surface area is 104 Å². The van der Waals surface area contributed by atoms with Gasteiger partial charge in [-0.2, -0.15) is 0 Å². The Hall–Kier alpha value is -1.01. The van der Waals surface area contributed by atoms with Crippen molar-refractivity contribution in [2.75, 3.05) is 11.5 Å². The molecule has 2 heterocycles. The van der Waals surface area contributed by atoms with Crippen LogP contribution in [-0.4, -0.2) is 37.2 Å². The van der Waals surface area contributed by atoms with Gasteiger partial charge in [-0.15, -0.1) is 11.6 Å². The summed E-state index contributed by atoms with van der Waals surface area (Å²) < 4.78 is 27.6. The second-order valence-corrected chi connectivity index (χ2v) is 6.83. The van der Waals surface area contributed by atoms with E-state index in [9.17, 15) is 13.2 Å². The quantitative estimate of drug-likeness (QED) is 0.808. The zero-order chi connectivity index (χ0) is 12.6. The molecular formula is C10H12ClNO4S. The fourth-order valence-electron chi connectivity index (χ4n) is 1.75. The third-order valence-electron chi connectivity index (χ3n) is 2.59. The maximum Gasteiger partial charge on any atom is 0.254 e. The molecule has 1 saturated heterocycles. The molecule has 0 spiro atoms. The van der Waals surface area contributed by atoms with Crippen LogP contribution in [0.15, 0.2) is 16.7 Å². The van der Waals surface area contributed by atoms with E-state index in [2.05, 4.69) is 5.32 Å². The smallest absolute Gasteiger partial charge is 0.254 e. The first-order valence-electron chi connectivity index (χ1n) is 5.08. The fraction of sp³-hybridized carbons (Fsp3) is 0.500. The molecule has 0 radical (unpaired) electrons. The molecule has 5 nitrogen and oxygen atoms in total. The molecule has 2 rings (SSSR count). The second kappa shape index (κ2) is 4.34. The van der Waals surface area contributed by atoms with E-state index in [4.69, 9.17) is 16.0 Å². The van der Waals surface area contributed by atoms with Crippen molar-refractivity contribution in [3.05, 3.63) is 23.7 Å². The molecule has 0 aromatic carbocycles. The first-order valence-corrected chi connectivity index (χ1v) is 7.34. The van der Waals surface area contributed by atoms with Crippen LogP contribution in [0.4, 0.5) is 0 Å². The highest BCUT2D eigenvalue weighted by Gasteiger charge is 2.37. The van der Waals surface area contributed by atoms with Crippen LogP contribution in [0.3, 0.4) is 0 Å². The number of amides is 1. The Morgan fingerprint density at radius 1 is 1.53 bits per heavy atom. The highest BCUT2D eigenvalue weighted by molar-refractivity contribution is 7.91. The summed E-state index contributed by atoms with van der Waals surface area (Å²) >= 11 is 5.88. The number of furan rings is 1. The maximum absolute atomic E-state index is 11.7. The molecule has 2 atom stereocenters. The van der Waals surface area contributed by atoms with Gasteiger partial charge in [-0.1, -0.05) is 0 Å². The number of carbonyl (C=O) groups is 1. The number of rotatable bonds is 2. The lowest BCUT2D eigenvalue weighted by atomic mass is 10.2. The van der Waals surface area contributed by atoms with E-state index < -0.39 is 21.3 Å². The Balaban J connectivity index is 2.05. The molecule has 1 aliphatic heterocycles. The van der Waals surface area contributed by atoms with Gasteiger partial charge in [-0.3, -0.25) is 4.79 Å². The van der Waals surface area contributed by atoms with E-state index in [1.165, 1.54) is 6.26 Å². The van der Waals surface area contributed by atoms with E-state index in [0.717, 1.165) is 0 Å². The van der Waals surface area contributed by atoms with Gasteiger partial charge in [0.05, 0.1) is 28.5 Å². The van der Waals surface area contributed by atoms with Crippen LogP contribution in [0.2, 0.25) is 0 Å². The molecule has 2 unspecified atom stereocenters. The van der Waals surface area contributed by atoms with E-state index in [1.54, 1.807) is 13.0 Å². The van der Waals surface area contributed by atoms with Crippen LogP contribution in [-0.2, 0) is 9.84 Å². The summed E-state index contributed by atoms with van der Waals surface area (Å²) in [6, 6.07) is 1.05. The first-order chi connectivity index (χ1) is 7.87. The number of carbonyl (C=O) groups excluding carboxylic acids is 1. The minimum absolute atomic E-state index is 0.0933. The van der Waals surface area contributed by atoms with E-state index >= 15 is 0 Å². The minimum atomic E-state index is -3.14. The molecule has 1 N–H and O–H groups in total. The van der Waals surface area contributed by atoms with Gasteiger partial charge in [-0.25, -0.2) is 8.42 Å². The average Bonchev–Trinajstić information content (AvgIpc) is 2.71. The van der Waals surface area contributed by atoms with Crippen molar-refractivity contribution in [3.63, 3.8) is 0 Å². The summed E-state index contributed by atoms with van der Waals surface area (Å²) in [5.41, 5.74) is 0.371. The van der Waals surface area contributed by atoms with Crippen LogP contribution in [0.1, 0.15) is 16.1 Å². The zero-order valence-electron chi connectivity index (χ0n) is 9.14. The van der Waals surface area contributed by atoms with Gasteiger partial charge in [0.25, 0.3) is 5.91 Å². The largest absolute Gasteiger partial charge is 0.469 e. The third-order valence-corrected chi connectivity index (χ3v) is 4.97. The third kappa shape index (κ3) is 2.81. The number of aryl methyl sites for hydroxylation is 1. The molecule has 0 saturated carbocycles. The molecule has 1 fully saturated rings. The SMILES string of the molecule is Cc1cc(C(=O)NC2CS(=O)(=O)CC2Cl)co1. The summed E-state index contributed by atoms with van der Waals surface area (Å²) in [5, 5.41) is 2.03. The molecule has 7 heteroatoms. The predicted octanol–water partition coefficient (Wildman–Crippen LogP) is 0.722. The summed E-state index contributed by atoms with van der Waals surface area (Å²) in [6.45, 7) is 1.72. The first kappa shape index (κ1) is 12.4. The molecule has 1 aliphatic rings. The van der Waals surface area contributed by atoms with Crippen molar-refractivity contribution in [2.45, 2.75) is 18.3 Å².